The number of rotatable bonds is 4. The fraction of sp³-hybridized carbons (Fsp3) is 0.909. The Morgan fingerprint density at radius 2 is 1.93 bits per heavy atom. The number of alkyl carbamates (subject to hydrolysis) is 1. The summed E-state index contributed by atoms with van der Waals surface area (Å²) in [5.41, 5.74) is -0.427. The first-order chi connectivity index (χ1) is 6.70. The SMILES string of the molecule is CC(C)CC(Br)CNC(=O)OC(C)(C)C. The van der Waals surface area contributed by atoms with Crippen molar-refractivity contribution in [3.63, 3.8) is 0 Å². The van der Waals surface area contributed by atoms with Crippen molar-refractivity contribution in [2.45, 2.75) is 51.5 Å². The second kappa shape index (κ2) is 6.36. The number of ether oxygens (including phenoxy) is 1. The van der Waals surface area contributed by atoms with Gasteiger partial charge in [0.1, 0.15) is 5.60 Å². The molecule has 0 aliphatic carbocycles. The molecule has 0 bridgehead atoms. The van der Waals surface area contributed by atoms with Crippen LogP contribution in [0.3, 0.4) is 0 Å². The van der Waals surface area contributed by atoms with Gasteiger partial charge in [-0.1, -0.05) is 29.8 Å². The Balaban J connectivity index is 3.72. The van der Waals surface area contributed by atoms with Crippen LogP contribution in [0.2, 0.25) is 0 Å². The molecule has 0 heterocycles. The van der Waals surface area contributed by atoms with E-state index >= 15 is 0 Å². The van der Waals surface area contributed by atoms with Crippen LogP contribution in [0.5, 0.6) is 0 Å². The number of halogens is 1. The molecule has 0 rings (SSSR count). The van der Waals surface area contributed by atoms with Gasteiger partial charge in [-0.2, -0.15) is 0 Å². The zero-order valence-corrected chi connectivity index (χ0v) is 11.8. The molecule has 0 aromatic rings. The minimum Gasteiger partial charge on any atom is -0.444 e. The molecule has 0 fully saturated rings. The first-order valence-electron chi connectivity index (χ1n) is 5.31. The fourth-order valence-corrected chi connectivity index (χ4v) is 2.01. The summed E-state index contributed by atoms with van der Waals surface area (Å²) in [5.74, 6) is 0.620. The Kier molecular flexibility index (Phi) is 6.25. The van der Waals surface area contributed by atoms with Crippen LogP contribution in [0.15, 0.2) is 0 Å². The molecule has 0 saturated heterocycles. The topological polar surface area (TPSA) is 38.3 Å². The summed E-state index contributed by atoms with van der Waals surface area (Å²) in [4.78, 5) is 11.6. The lowest BCUT2D eigenvalue weighted by Gasteiger charge is -2.20. The third-order valence-electron chi connectivity index (χ3n) is 1.59. The molecule has 0 aliphatic heterocycles. The molecule has 1 unspecified atom stereocenters. The molecule has 1 N–H and O–H groups in total. The predicted molar refractivity (Wildman–Crippen MR) is 66.4 cm³/mol. The first-order valence-corrected chi connectivity index (χ1v) is 6.23. The molecule has 0 spiro atoms. The maximum atomic E-state index is 11.3. The molecule has 1 atom stereocenters. The van der Waals surface area contributed by atoms with E-state index in [-0.39, 0.29) is 6.09 Å². The van der Waals surface area contributed by atoms with E-state index in [1.54, 1.807) is 0 Å². The van der Waals surface area contributed by atoms with Crippen molar-refractivity contribution in [1.29, 1.82) is 0 Å². The molecule has 0 aromatic heterocycles. The van der Waals surface area contributed by atoms with Gasteiger partial charge in [0, 0.05) is 11.4 Å². The Morgan fingerprint density at radius 1 is 1.40 bits per heavy atom. The molecule has 15 heavy (non-hydrogen) atoms. The Hall–Kier alpha value is -0.250. The van der Waals surface area contributed by atoms with E-state index < -0.39 is 5.60 Å². The molecule has 3 nitrogen and oxygen atoms in total. The van der Waals surface area contributed by atoms with E-state index in [1.165, 1.54) is 0 Å². The highest BCUT2D eigenvalue weighted by Crippen LogP contribution is 2.12. The maximum absolute atomic E-state index is 11.3. The largest absolute Gasteiger partial charge is 0.444 e. The molecule has 0 aliphatic rings. The minimum absolute atomic E-state index is 0.310. The van der Waals surface area contributed by atoms with Crippen molar-refractivity contribution in [2.24, 2.45) is 5.92 Å². The zero-order valence-electron chi connectivity index (χ0n) is 10.3. The van der Waals surface area contributed by atoms with E-state index in [1.807, 2.05) is 20.8 Å². The van der Waals surface area contributed by atoms with Gasteiger partial charge in [-0.25, -0.2) is 4.79 Å². The predicted octanol–water partition coefficient (Wildman–Crippen LogP) is 3.32. The van der Waals surface area contributed by atoms with Gasteiger partial charge in [0.2, 0.25) is 0 Å². The highest BCUT2D eigenvalue weighted by atomic mass is 79.9. The van der Waals surface area contributed by atoms with Crippen molar-refractivity contribution in [2.75, 3.05) is 6.54 Å². The first kappa shape index (κ1) is 14.8. The van der Waals surface area contributed by atoms with Crippen LogP contribution in [-0.2, 0) is 4.74 Å². The third-order valence-corrected chi connectivity index (χ3v) is 2.29. The van der Waals surface area contributed by atoms with Crippen LogP contribution < -0.4 is 5.32 Å². The smallest absolute Gasteiger partial charge is 0.407 e. The van der Waals surface area contributed by atoms with Gasteiger partial charge in [0.25, 0.3) is 0 Å². The fourth-order valence-electron chi connectivity index (χ4n) is 1.10. The summed E-state index contributed by atoms with van der Waals surface area (Å²) in [5, 5.41) is 2.74. The van der Waals surface area contributed by atoms with Crippen molar-refractivity contribution in [3.8, 4) is 0 Å². The monoisotopic (exact) mass is 279 g/mol. The second-order valence-electron chi connectivity index (χ2n) is 5.11. The molecule has 90 valence electrons. The van der Waals surface area contributed by atoms with Crippen molar-refractivity contribution >= 4 is 22.0 Å². The summed E-state index contributed by atoms with van der Waals surface area (Å²) in [7, 11) is 0. The summed E-state index contributed by atoms with van der Waals surface area (Å²) in [6, 6.07) is 0. The summed E-state index contributed by atoms with van der Waals surface area (Å²) >= 11 is 3.52. The molecule has 4 heteroatoms. The molecule has 0 saturated carbocycles. The summed E-state index contributed by atoms with van der Waals surface area (Å²) in [6.07, 6.45) is 0.686. The lowest BCUT2D eigenvalue weighted by atomic mass is 10.1. The van der Waals surface area contributed by atoms with Crippen LogP contribution in [0.4, 0.5) is 4.79 Å². The summed E-state index contributed by atoms with van der Waals surface area (Å²) < 4.78 is 5.12. The van der Waals surface area contributed by atoms with E-state index in [0.29, 0.717) is 17.3 Å². The van der Waals surface area contributed by atoms with Crippen LogP contribution in [0.1, 0.15) is 41.0 Å². The number of hydrogen-bond donors (Lipinski definition) is 1. The molecular weight excluding hydrogens is 258 g/mol. The van der Waals surface area contributed by atoms with E-state index in [4.69, 9.17) is 4.74 Å². The van der Waals surface area contributed by atoms with Gasteiger partial charge in [-0.3, -0.25) is 0 Å². The highest BCUT2D eigenvalue weighted by Gasteiger charge is 2.16. The average Bonchev–Trinajstić information content (AvgIpc) is 1.96. The third kappa shape index (κ3) is 10.0. The van der Waals surface area contributed by atoms with Gasteiger partial charge in [0.15, 0.2) is 0 Å². The number of hydrogen-bond acceptors (Lipinski definition) is 2. The van der Waals surface area contributed by atoms with Gasteiger partial charge in [-0.05, 0) is 33.1 Å². The number of carbonyl (C=O) groups excluding carboxylic acids is 1. The number of amides is 1. The van der Waals surface area contributed by atoms with Gasteiger partial charge < -0.3 is 10.1 Å². The number of alkyl halides is 1. The second-order valence-corrected chi connectivity index (χ2v) is 6.40. The van der Waals surface area contributed by atoms with E-state index in [9.17, 15) is 4.79 Å². The zero-order chi connectivity index (χ0) is 12.1. The molecular formula is C11H22BrNO2. The van der Waals surface area contributed by atoms with Gasteiger partial charge >= 0.3 is 6.09 Å². The van der Waals surface area contributed by atoms with Crippen molar-refractivity contribution in [1.82, 2.24) is 5.32 Å². The number of carbonyl (C=O) groups is 1. The normalized spacial score (nSPS) is 13.8. The van der Waals surface area contributed by atoms with Crippen LogP contribution in [0.25, 0.3) is 0 Å². The van der Waals surface area contributed by atoms with Crippen LogP contribution in [0, 0.1) is 5.92 Å². The minimum atomic E-state index is -0.427. The molecule has 0 aromatic carbocycles. The highest BCUT2D eigenvalue weighted by molar-refractivity contribution is 9.09. The summed E-state index contributed by atoms with van der Waals surface area (Å²) in [6.45, 7) is 10.5. The van der Waals surface area contributed by atoms with Crippen molar-refractivity contribution in [3.05, 3.63) is 0 Å². The van der Waals surface area contributed by atoms with E-state index in [0.717, 1.165) is 6.42 Å². The van der Waals surface area contributed by atoms with Crippen molar-refractivity contribution < 1.29 is 9.53 Å². The maximum Gasteiger partial charge on any atom is 0.407 e. The molecule has 1 amide bonds. The average molecular weight is 280 g/mol. The lowest BCUT2D eigenvalue weighted by molar-refractivity contribution is 0.0527. The molecule has 0 radical (unpaired) electrons. The Morgan fingerprint density at radius 3 is 2.33 bits per heavy atom. The Labute approximate surface area is 101 Å². The quantitative estimate of drug-likeness (QED) is 0.802. The standard InChI is InChI=1S/C11H22BrNO2/c1-8(2)6-9(12)7-13-10(14)15-11(3,4)5/h8-9H,6-7H2,1-5H3,(H,13,14). The van der Waals surface area contributed by atoms with Gasteiger partial charge in [0.05, 0.1) is 0 Å². The lowest BCUT2D eigenvalue weighted by Crippen LogP contribution is -2.35. The van der Waals surface area contributed by atoms with Crippen LogP contribution in [-0.4, -0.2) is 23.1 Å². The number of nitrogens with one attached hydrogen (secondary N) is 1. The van der Waals surface area contributed by atoms with Gasteiger partial charge in [-0.15, -0.1) is 0 Å². The van der Waals surface area contributed by atoms with Crippen LogP contribution >= 0.6 is 15.9 Å². The Bertz CT molecular complexity index is 199. The van der Waals surface area contributed by atoms with E-state index in [2.05, 4.69) is 35.1 Å².